The first-order chi connectivity index (χ1) is 32.7. The Morgan fingerprint density at radius 1 is 0.242 bits per heavy atom. The van der Waals surface area contributed by atoms with Crippen molar-refractivity contribution in [2.75, 3.05) is 4.90 Å². The van der Waals surface area contributed by atoms with E-state index < -0.39 is 0 Å². The van der Waals surface area contributed by atoms with Crippen LogP contribution in [0.5, 0.6) is 0 Å². The third-order valence-electron chi connectivity index (χ3n) is 13.4. The SMILES string of the molecule is c1cc(-c2ccc(N(c3ccc(-c4cccc5ccccc45)cc3)c3cc4ccccc4c4ccccc34)cc2)cc(-c2cccc3c2oc2c(-c4cccc5ccccc45)cccc23)c1. The van der Waals surface area contributed by atoms with Gasteiger partial charge in [0.15, 0.2) is 0 Å². The predicted molar refractivity (Wildman–Crippen MR) is 280 cm³/mol. The van der Waals surface area contributed by atoms with Gasteiger partial charge < -0.3 is 9.32 Å². The quantitative estimate of drug-likeness (QED) is 0.149. The Hall–Kier alpha value is -8.72. The highest BCUT2D eigenvalue weighted by atomic mass is 16.3. The lowest BCUT2D eigenvalue weighted by Crippen LogP contribution is -2.10. The Bertz CT molecular complexity index is 3980. The summed E-state index contributed by atoms with van der Waals surface area (Å²) in [6.07, 6.45) is 0. The first-order valence-corrected chi connectivity index (χ1v) is 22.7. The van der Waals surface area contributed by atoms with Gasteiger partial charge in [0.05, 0.1) is 5.69 Å². The van der Waals surface area contributed by atoms with E-state index in [-0.39, 0.29) is 0 Å². The van der Waals surface area contributed by atoms with Crippen LogP contribution in [-0.4, -0.2) is 0 Å². The van der Waals surface area contributed by atoms with E-state index >= 15 is 0 Å². The molecule has 0 unspecified atom stereocenters. The second-order valence-electron chi connectivity index (χ2n) is 17.2. The van der Waals surface area contributed by atoms with Gasteiger partial charge in [0.25, 0.3) is 0 Å². The molecule has 13 aromatic rings. The van der Waals surface area contributed by atoms with Crippen LogP contribution in [0.4, 0.5) is 17.1 Å². The number of hydrogen-bond acceptors (Lipinski definition) is 2. The van der Waals surface area contributed by atoms with Crippen LogP contribution in [0.2, 0.25) is 0 Å². The number of furan rings is 1. The number of benzene rings is 12. The van der Waals surface area contributed by atoms with Gasteiger partial charge in [-0.3, -0.25) is 0 Å². The average molecular weight is 840 g/mol. The van der Waals surface area contributed by atoms with Crippen LogP contribution in [0.3, 0.4) is 0 Å². The molecule has 0 radical (unpaired) electrons. The molecule has 1 aromatic heterocycles. The summed E-state index contributed by atoms with van der Waals surface area (Å²) in [4.78, 5) is 2.41. The molecule has 1 heterocycles. The van der Waals surface area contributed by atoms with Crippen molar-refractivity contribution in [1.82, 2.24) is 0 Å². The summed E-state index contributed by atoms with van der Waals surface area (Å²) in [5, 5.41) is 12.1. The Morgan fingerprint density at radius 2 is 0.697 bits per heavy atom. The average Bonchev–Trinajstić information content (AvgIpc) is 3.78. The summed E-state index contributed by atoms with van der Waals surface area (Å²) in [6, 6.07) is 90.1. The largest absolute Gasteiger partial charge is 0.455 e. The van der Waals surface area contributed by atoms with Gasteiger partial charge >= 0.3 is 0 Å². The van der Waals surface area contributed by atoms with E-state index in [1.165, 1.54) is 59.8 Å². The molecule has 0 bridgehead atoms. The van der Waals surface area contributed by atoms with Crippen molar-refractivity contribution in [1.29, 1.82) is 0 Å². The van der Waals surface area contributed by atoms with Crippen molar-refractivity contribution in [3.8, 4) is 44.5 Å². The van der Waals surface area contributed by atoms with Gasteiger partial charge in [-0.05, 0) is 107 Å². The molecular formula is C64H41NO. The summed E-state index contributed by atoms with van der Waals surface area (Å²) < 4.78 is 6.95. The number of hydrogen-bond donors (Lipinski definition) is 0. The molecule has 0 spiro atoms. The van der Waals surface area contributed by atoms with Crippen LogP contribution >= 0.6 is 0 Å². The molecule has 0 fully saturated rings. The Labute approximate surface area is 382 Å². The Balaban J connectivity index is 0.905. The highest BCUT2D eigenvalue weighted by Crippen LogP contribution is 2.45. The van der Waals surface area contributed by atoms with Crippen molar-refractivity contribution < 1.29 is 4.42 Å². The van der Waals surface area contributed by atoms with Gasteiger partial charge in [0.1, 0.15) is 11.2 Å². The van der Waals surface area contributed by atoms with Crippen molar-refractivity contribution in [2.45, 2.75) is 0 Å². The van der Waals surface area contributed by atoms with Crippen molar-refractivity contribution >= 4 is 82.1 Å². The van der Waals surface area contributed by atoms with Crippen LogP contribution in [0.1, 0.15) is 0 Å². The minimum atomic E-state index is 0.900. The molecule has 0 saturated carbocycles. The maximum Gasteiger partial charge on any atom is 0.143 e. The minimum absolute atomic E-state index is 0.900. The van der Waals surface area contributed by atoms with Crippen LogP contribution in [0.25, 0.3) is 110 Å². The zero-order chi connectivity index (χ0) is 43.6. The fraction of sp³-hybridized carbons (Fsp3) is 0. The third-order valence-corrected chi connectivity index (χ3v) is 13.4. The molecule has 0 aliphatic rings. The number of nitrogens with zero attached hydrogens (tertiary/aromatic N) is 1. The number of fused-ring (bicyclic) bond motifs is 8. The molecular weight excluding hydrogens is 799 g/mol. The molecule has 0 saturated heterocycles. The summed E-state index contributed by atoms with van der Waals surface area (Å²) in [5.74, 6) is 0. The lowest BCUT2D eigenvalue weighted by Gasteiger charge is -2.28. The van der Waals surface area contributed by atoms with Gasteiger partial charge in [-0.25, -0.2) is 0 Å². The third kappa shape index (κ3) is 6.26. The summed E-state index contributed by atoms with van der Waals surface area (Å²) in [6.45, 7) is 0. The van der Waals surface area contributed by atoms with E-state index in [0.717, 1.165) is 66.8 Å². The van der Waals surface area contributed by atoms with Gasteiger partial charge in [-0.2, -0.15) is 0 Å². The standard InChI is InChI=1S/C64H41NO/c1-4-21-51-43(14-1)17-10-26-52(51)45-34-38-50(39-35-45)65(62-41-48-16-3-6-23-54(48)56-24-7-8-25-58(56)62)49-36-32-42(33-37-49)46-19-9-20-47(40-46)55-27-12-30-60-61-31-13-29-59(64(61)66-63(55)60)57-28-11-18-44-15-2-5-22-53(44)57/h1-41H. The maximum absolute atomic E-state index is 6.95. The molecule has 12 aromatic carbocycles. The highest BCUT2D eigenvalue weighted by molar-refractivity contribution is 6.16. The van der Waals surface area contributed by atoms with Crippen LogP contribution < -0.4 is 4.90 Å². The van der Waals surface area contributed by atoms with Crippen molar-refractivity contribution in [3.63, 3.8) is 0 Å². The van der Waals surface area contributed by atoms with E-state index in [4.69, 9.17) is 4.42 Å². The van der Waals surface area contributed by atoms with Gasteiger partial charge in [-0.15, -0.1) is 0 Å². The maximum atomic E-state index is 6.95. The Morgan fingerprint density at radius 3 is 1.39 bits per heavy atom. The topological polar surface area (TPSA) is 16.4 Å². The molecule has 0 aliphatic carbocycles. The van der Waals surface area contributed by atoms with E-state index in [9.17, 15) is 0 Å². The second kappa shape index (κ2) is 15.5. The lowest BCUT2D eigenvalue weighted by atomic mass is 9.95. The van der Waals surface area contributed by atoms with E-state index in [1.807, 2.05) is 0 Å². The Kier molecular flexibility index (Phi) is 8.89. The molecule has 2 heteroatoms. The molecule has 0 amide bonds. The second-order valence-corrected chi connectivity index (χ2v) is 17.2. The summed E-state index contributed by atoms with van der Waals surface area (Å²) in [7, 11) is 0. The van der Waals surface area contributed by atoms with Gasteiger partial charge in [-0.1, -0.05) is 212 Å². The molecule has 0 aliphatic heterocycles. The first kappa shape index (κ1) is 37.8. The van der Waals surface area contributed by atoms with Crippen molar-refractivity contribution in [3.05, 3.63) is 249 Å². The van der Waals surface area contributed by atoms with E-state index in [2.05, 4.69) is 254 Å². The zero-order valence-electron chi connectivity index (χ0n) is 36.0. The van der Waals surface area contributed by atoms with Crippen LogP contribution in [0, 0.1) is 0 Å². The van der Waals surface area contributed by atoms with Crippen LogP contribution in [-0.2, 0) is 0 Å². The molecule has 2 nitrogen and oxygen atoms in total. The fourth-order valence-corrected chi connectivity index (χ4v) is 10.3. The molecule has 0 N–H and O–H groups in total. The molecule has 66 heavy (non-hydrogen) atoms. The van der Waals surface area contributed by atoms with Crippen LogP contribution in [0.15, 0.2) is 253 Å². The molecule has 13 rings (SSSR count). The summed E-state index contributed by atoms with van der Waals surface area (Å²) >= 11 is 0. The number of anilines is 3. The normalized spacial score (nSPS) is 11.6. The zero-order valence-corrected chi connectivity index (χ0v) is 36.0. The first-order valence-electron chi connectivity index (χ1n) is 22.7. The van der Waals surface area contributed by atoms with Gasteiger partial charge in [0.2, 0.25) is 0 Å². The smallest absolute Gasteiger partial charge is 0.143 e. The fourth-order valence-electron chi connectivity index (χ4n) is 10.3. The number of para-hydroxylation sites is 2. The predicted octanol–water partition coefficient (Wildman–Crippen LogP) is 18.3. The highest BCUT2D eigenvalue weighted by Gasteiger charge is 2.20. The molecule has 308 valence electrons. The van der Waals surface area contributed by atoms with Crippen molar-refractivity contribution in [2.24, 2.45) is 0 Å². The van der Waals surface area contributed by atoms with Gasteiger partial charge in [0, 0.05) is 38.7 Å². The lowest BCUT2D eigenvalue weighted by molar-refractivity contribution is 0.671. The van der Waals surface area contributed by atoms with E-state index in [0.29, 0.717) is 0 Å². The van der Waals surface area contributed by atoms with E-state index in [1.54, 1.807) is 0 Å². The monoisotopic (exact) mass is 839 g/mol. The minimum Gasteiger partial charge on any atom is -0.455 e. The molecule has 0 atom stereocenters. The summed E-state index contributed by atoms with van der Waals surface area (Å²) in [5.41, 5.74) is 14.3. The number of rotatable bonds is 7.